The molecule has 0 amide bonds. The fraction of sp³-hybridized carbons (Fsp3) is 0. The fourth-order valence-electron chi connectivity index (χ4n) is 4.63. The molecule has 0 fully saturated rings. The zero-order chi connectivity index (χ0) is 22.2. The van der Waals surface area contributed by atoms with Crippen molar-refractivity contribution < 1.29 is 0 Å². The second kappa shape index (κ2) is 7.47. The first-order valence-electron chi connectivity index (χ1n) is 10.9. The fourth-order valence-corrected chi connectivity index (χ4v) is 12.1. The molecule has 0 radical (unpaired) electrons. The van der Waals surface area contributed by atoms with E-state index in [9.17, 15) is 0 Å². The van der Waals surface area contributed by atoms with Crippen LogP contribution in [0.4, 0.5) is 0 Å². The number of fused-ring (bicyclic) bond motifs is 7. The molecule has 6 heteroatoms. The van der Waals surface area contributed by atoms with Crippen molar-refractivity contribution in [1.29, 1.82) is 0 Å². The Balaban J connectivity index is 1.32. The molecule has 2 aromatic carbocycles. The van der Waals surface area contributed by atoms with Gasteiger partial charge in [-0.05, 0) is 0 Å². The molecular weight excluding hydrogens is 586 g/mol. The minimum atomic E-state index is 0.336. The van der Waals surface area contributed by atoms with Crippen molar-refractivity contribution in [3.05, 3.63) is 85.5 Å². The topological polar surface area (TPSA) is 25.8 Å². The van der Waals surface area contributed by atoms with E-state index in [2.05, 4.69) is 58.5 Å². The van der Waals surface area contributed by atoms with Gasteiger partial charge in [-0.25, -0.2) is 0 Å². The number of rotatable bonds is 2. The Kier molecular flexibility index (Phi) is 4.33. The normalized spacial score (nSPS) is 12.1. The van der Waals surface area contributed by atoms with E-state index in [0.717, 1.165) is 0 Å². The van der Waals surface area contributed by atoms with E-state index >= 15 is 0 Å². The monoisotopic (exact) mass is 602 g/mol. The molecule has 0 N–H and O–H groups in total. The SMILES string of the molecule is c1cncc(-c2cc3cc4c(cc3[se]2)sc2c3cc5cc(-c6cccnc6)[se]c5cc3sc42)c1. The Morgan fingerprint density at radius 3 is 1.53 bits per heavy atom. The number of aromatic nitrogens is 2. The van der Waals surface area contributed by atoms with Crippen LogP contribution in [0.25, 0.3) is 68.9 Å². The Labute approximate surface area is 214 Å². The maximum atomic E-state index is 4.32. The average Bonchev–Trinajstić information content (AvgIpc) is 3.63. The Morgan fingerprint density at radius 1 is 0.588 bits per heavy atom. The van der Waals surface area contributed by atoms with Gasteiger partial charge >= 0.3 is 216 Å². The predicted molar refractivity (Wildman–Crippen MR) is 150 cm³/mol. The summed E-state index contributed by atoms with van der Waals surface area (Å²) in [6.45, 7) is 0. The van der Waals surface area contributed by atoms with Crippen LogP contribution in [0.1, 0.15) is 0 Å². The van der Waals surface area contributed by atoms with Crippen LogP contribution in [-0.4, -0.2) is 39.0 Å². The first-order chi connectivity index (χ1) is 16.8. The molecule has 0 atom stereocenters. The van der Waals surface area contributed by atoms with E-state index in [0.29, 0.717) is 29.0 Å². The Hall–Kier alpha value is -2.56. The second-order valence-corrected chi connectivity index (χ2v) is 15.0. The predicted octanol–water partition coefficient (Wildman–Crippen LogP) is 7.81. The molecule has 2 nitrogen and oxygen atoms in total. The van der Waals surface area contributed by atoms with Crippen LogP contribution < -0.4 is 0 Å². The average molecular weight is 600 g/mol. The summed E-state index contributed by atoms with van der Waals surface area (Å²) in [5.74, 6) is 0. The van der Waals surface area contributed by atoms with Crippen LogP contribution in [0.3, 0.4) is 0 Å². The molecule has 6 aromatic heterocycles. The zero-order valence-corrected chi connectivity index (χ0v) is 22.7. The molecule has 0 unspecified atom stereocenters. The van der Waals surface area contributed by atoms with Crippen molar-refractivity contribution in [2.45, 2.75) is 0 Å². The number of hydrogen-bond acceptors (Lipinski definition) is 4. The minimum absolute atomic E-state index is 0.336. The third-order valence-corrected chi connectivity index (χ3v) is 13.6. The van der Waals surface area contributed by atoms with E-state index in [4.69, 9.17) is 0 Å². The third kappa shape index (κ3) is 2.98. The van der Waals surface area contributed by atoms with Gasteiger partial charge in [0.05, 0.1) is 0 Å². The summed E-state index contributed by atoms with van der Waals surface area (Å²) in [5, 5.41) is 5.60. The molecule has 0 aliphatic heterocycles. The van der Waals surface area contributed by atoms with E-state index in [1.807, 2.05) is 59.6 Å². The molecule has 8 rings (SSSR count). The number of thiophene rings is 2. The molecule has 160 valence electrons. The van der Waals surface area contributed by atoms with Gasteiger partial charge in [0.15, 0.2) is 0 Å². The molecule has 6 heterocycles. The molecule has 34 heavy (non-hydrogen) atoms. The van der Waals surface area contributed by atoms with Crippen molar-refractivity contribution in [3.63, 3.8) is 0 Å². The van der Waals surface area contributed by atoms with Crippen molar-refractivity contribution in [3.8, 4) is 20.0 Å². The molecule has 0 aliphatic carbocycles. The van der Waals surface area contributed by atoms with Gasteiger partial charge < -0.3 is 0 Å². The standard InChI is InChI=1S/C28H14N2S2Se2/c1-3-15(13-29-5-1)23-9-17-7-19-21(11-25(17)33-23)31-28-20-8-18-10-24(16-4-2-6-30-14-16)34-26(18)12-22(20)32-27(19)28/h1-14H. The van der Waals surface area contributed by atoms with Crippen molar-refractivity contribution >= 4 is 101 Å². The first kappa shape index (κ1) is 19.7. The van der Waals surface area contributed by atoms with Gasteiger partial charge in [-0.2, -0.15) is 0 Å². The number of nitrogens with zero attached hydrogens (tertiary/aromatic N) is 2. The van der Waals surface area contributed by atoms with Gasteiger partial charge in [0, 0.05) is 0 Å². The van der Waals surface area contributed by atoms with Crippen LogP contribution in [0.15, 0.2) is 85.5 Å². The van der Waals surface area contributed by atoms with Crippen LogP contribution in [0.2, 0.25) is 0 Å². The Bertz CT molecular complexity index is 1860. The molecule has 0 bridgehead atoms. The summed E-state index contributed by atoms with van der Waals surface area (Å²) in [6, 6.07) is 22.9. The van der Waals surface area contributed by atoms with Crippen molar-refractivity contribution in [2.24, 2.45) is 0 Å². The number of hydrogen-bond donors (Lipinski definition) is 0. The van der Waals surface area contributed by atoms with E-state index in [1.165, 1.54) is 68.9 Å². The summed E-state index contributed by atoms with van der Waals surface area (Å²) in [7, 11) is 0. The molecule has 0 saturated carbocycles. The first-order valence-corrected chi connectivity index (χ1v) is 15.9. The second-order valence-electron chi connectivity index (χ2n) is 8.34. The molecule has 0 spiro atoms. The summed E-state index contributed by atoms with van der Waals surface area (Å²) in [5.41, 5.74) is 2.51. The van der Waals surface area contributed by atoms with Gasteiger partial charge in [-0.15, -0.1) is 0 Å². The maximum absolute atomic E-state index is 4.32. The van der Waals surface area contributed by atoms with Crippen LogP contribution >= 0.6 is 22.7 Å². The van der Waals surface area contributed by atoms with E-state index in [1.54, 1.807) is 0 Å². The summed E-state index contributed by atoms with van der Waals surface area (Å²) < 4.78 is 11.6. The summed E-state index contributed by atoms with van der Waals surface area (Å²) in [4.78, 5) is 8.63. The summed E-state index contributed by atoms with van der Waals surface area (Å²) in [6.07, 6.45) is 7.67. The van der Waals surface area contributed by atoms with Gasteiger partial charge in [0.25, 0.3) is 0 Å². The van der Waals surface area contributed by atoms with Gasteiger partial charge in [-0.3, -0.25) is 0 Å². The van der Waals surface area contributed by atoms with E-state index in [-0.39, 0.29) is 0 Å². The van der Waals surface area contributed by atoms with Crippen LogP contribution in [0.5, 0.6) is 0 Å². The zero-order valence-electron chi connectivity index (χ0n) is 17.6. The van der Waals surface area contributed by atoms with Gasteiger partial charge in [0.2, 0.25) is 0 Å². The van der Waals surface area contributed by atoms with Crippen molar-refractivity contribution in [2.75, 3.05) is 0 Å². The van der Waals surface area contributed by atoms with Crippen LogP contribution in [-0.2, 0) is 0 Å². The third-order valence-electron chi connectivity index (χ3n) is 6.25. The van der Waals surface area contributed by atoms with Crippen molar-refractivity contribution in [1.82, 2.24) is 9.97 Å². The summed E-state index contributed by atoms with van der Waals surface area (Å²) >= 11 is 4.60. The molecule has 8 aromatic rings. The number of benzene rings is 2. The quantitative estimate of drug-likeness (QED) is 0.189. The van der Waals surface area contributed by atoms with Gasteiger partial charge in [0.1, 0.15) is 0 Å². The molecule has 0 aliphatic rings. The molecular formula is C28H14N2S2Se2. The van der Waals surface area contributed by atoms with E-state index < -0.39 is 0 Å². The van der Waals surface area contributed by atoms with Gasteiger partial charge in [-0.1, -0.05) is 0 Å². The Morgan fingerprint density at radius 2 is 1.09 bits per heavy atom. The number of pyridine rings is 2. The molecule has 0 saturated heterocycles. The van der Waals surface area contributed by atoms with Crippen LogP contribution in [0, 0.1) is 0 Å².